The van der Waals surface area contributed by atoms with Crippen molar-refractivity contribution in [1.82, 2.24) is 9.80 Å². The minimum Gasteiger partial charge on any atom is -0.478 e. The summed E-state index contributed by atoms with van der Waals surface area (Å²) in [5.41, 5.74) is 0.565. The van der Waals surface area contributed by atoms with E-state index in [1.807, 2.05) is 6.08 Å². The van der Waals surface area contributed by atoms with E-state index in [4.69, 9.17) is 5.11 Å². The van der Waals surface area contributed by atoms with Gasteiger partial charge in [-0.2, -0.15) is 0 Å². The van der Waals surface area contributed by atoms with Gasteiger partial charge in [0, 0.05) is 31.8 Å². The van der Waals surface area contributed by atoms with E-state index < -0.39 is 5.97 Å². The van der Waals surface area contributed by atoms with Crippen LogP contribution in [-0.4, -0.2) is 60.1 Å². The van der Waals surface area contributed by atoms with Crippen LogP contribution in [0, 0.1) is 0 Å². The van der Waals surface area contributed by atoms with Gasteiger partial charge in [-0.05, 0) is 32.4 Å². The van der Waals surface area contributed by atoms with Crippen molar-refractivity contribution in [3.05, 3.63) is 11.6 Å². The fourth-order valence-corrected chi connectivity index (χ4v) is 2.62. The number of rotatable bonds is 4. The lowest BCUT2D eigenvalue weighted by Gasteiger charge is -2.31. The van der Waals surface area contributed by atoms with Gasteiger partial charge in [-0.25, -0.2) is 4.79 Å². The van der Waals surface area contributed by atoms with Crippen LogP contribution in [0.5, 0.6) is 0 Å². The van der Waals surface area contributed by atoms with E-state index in [0.717, 1.165) is 26.1 Å². The molecule has 0 aromatic rings. The predicted molar refractivity (Wildman–Crippen MR) is 67.1 cm³/mol. The van der Waals surface area contributed by atoms with E-state index >= 15 is 0 Å². The maximum atomic E-state index is 10.9. The minimum atomic E-state index is -0.757. The maximum absolute atomic E-state index is 10.9. The van der Waals surface area contributed by atoms with Crippen molar-refractivity contribution in [3.8, 4) is 0 Å². The summed E-state index contributed by atoms with van der Waals surface area (Å²) in [6.07, 6.45) is 6.74. The molecule has 0 amide bonds. The highest BCUT2D eigenvalue weighted by Gasteiger charge is 2.18. The molecule has 0 aliphatic carbocycles. The number of carboxylic acids is 1. The molecule has 0 saturated carbocycles. The van der Waals surface area contributed by atoms with Gasteiger partial charge in [0.15, 0.2) is 0 Å². The molecule has 0 spiro atoms. The highest BCUT2D eigenvalue weighted by Crippen LogP contribution is 2.11. The molecule has 0 radical (unpaired) electrons. The average Bonchev–Trinajstić information content (AvgIpc) is 2.38. The fraction of sp³-hybridized carbons (Fsp3) is 0.769. The number of carboxylic acid groups (broad SMARTS) is 1. The van der Waals surface area contributed by atoms with E-state index in [1.54, 1.807) is 0 Å². The summed E-state index contributed by atoms with van der Waals surface area (Å²) in [6, 6.07) is 0. The van der Waals surface area contributed by atoms with Gasteiger partial charge in [0.1, 0.15) is 0 Å². The topological polar surface area (TPSA) is 43.8 Å². The zero-order valence-electron chi connectivity index (χ0n) is 10.4. The summed E-state index contributed by atoms with van der Waals surface area (Å²) in [5, 5.41) is 8.97. The maximum Gasteiger partial charge on any atom is 0.332 e. The van der Waals surface area contributed by atoms with Crippen LogP contribution in [-0.2, 0) is 4.79 Å². The molecule has 1 saturated heterocycles. The van der Waals surface area contributed by atoms with Crippen molar-refractivity contribution < 1.29 is 9.90 Å². The molecule has 4 heteroatoms. The molecule has 1 N–H and O–H groups in total. The summed E-state index contributed by atoms with van der Waals surface area (Å²) in [6.45, 7) is 6.15. The first-order valence-electron chi connectivity index (χ1n) is 6.63. The molecule has 0 unspecified atom stereocenters. The molecule has 96 valence electrons. The van der Waals surface area contributed by atoms with E-state index in [9.17, 15) is 4.79 Å². The van der Waals surface area contributed by atoms with Gasteiger partial charge in [-0.3, -0.25) is 4.90 Å². The zero-order chi connectivity index (χ0) is 12.1. The van der Waals surface area contributed by atoms with E-state index in [1.165, 1.54) is 32.4 Å². The molecule has 2 heterocycles. The first kappa shape index (κ1) is 12.6. The molecule has 4 nitrogen and oxygen atoms in total. The van der Waals surface area contributed by atoms with Gasteiger partial charge in [0.05, 0.1) is 0 Å². The molecule has 0 atom stereocenters. The Morgan fingerprint density at radius 1 is 1.12 bits per heavy atom. The Morgan fingerprint density at radius 2 is 1.82 bits per heavy atom. The van der Waals surface area contributed by atoms with Crippen molar-refractivity contribution in [2.24, 2.45) is 0 Å². The Labute approximate surface area is 103 Å². The molecular formula is C13H22N2O2. The van der Waals surface area contributed by atoms with Crippen molar-refractivity contribution in [3.63, 3.8) is 0 Å². The highest BCUT2D eigenvalue weighted by atomic mass is 16.4. The van der Waals surface area contributed by atoms with Crippen LogP contribution in [0.15, 0.2) is 11.6 Å². The van der Waals surface area contributed by atoms with Gasteiger partial charge >= 0.3 is 5.97 Å². The van der Waals surface area contributed by atoms with Gasteiger partial charge in [0.25, 0.3) is 0 Å². The Hall–Kier alpha value is -0.870. The van der Waals surface area contributed by atoms with Crippen molar-refractivity contribution in [1.29, 1.82) is 0 Å². The Kier molecular flexibility index (Phi) is 4.57. The molecule has 17 heavy (non-hydrogen) atoms. The van der Waals surface area contributed by atoms with Gasteiger partial charge < -0.3 is 10.0 Å². The lowest BCUT2D eigenvalue weighted by Crippen LogP contribution is -2.40. The SMILES string of the molecule is O=C(O)C1=CCCN(CCN2CCCCC2)C1. The molecule has 2 rings (SSSR count). The highest BCUT2D eigenvalue weighted by molar-refractivity contribution is 5.87. The second-order valence-electron chi connectivity index (χ2n) is 5.00. The lowest BCUT2D eigenvalue weighted by molar-refractivity contribution is -0.133. The van der Waals surface area contributed by atoms with Crippen molar-refractivity contribution >= 4 is 5.97 Å². The van der Waals surface area contributed by atoms with Crippen LogP contribution in [0.2, 0.25) is 0 Å². The van der Waals surface area contributed by atoms with Crippen LogP contribution in [0.1, 0.15) is 25.7 Å². The standard InChI is InChI=1S/C13H22N2O2/c16-13(17)12-5-4-8-15(11-12)10-9-14-6-2-1-3-7-14/h5H,1-4,6-11H2,(H,16,17). The lowest BCUT2D eigenvalue weighted by atomic mass is 10.1. The molecule has 0 aromatic heterocycles. The summed E-state index contributed by atoms with van der Waals surface area (Å²) in [7, 11) is 0. The normalized spacial score (nSPS) is 23.4. The first-order chi connectivity index (χ1) is 8.25. The number of aliphatic carboxylic acids is 1. The Bertz CT molecular complexity index is 296. The average molecular weight is 238 g/mol. The van der Waals surface area contributed by atoms with Crippen LogP contribution in [0.3, 0.4) is 0 Å². The number of piperidine rings is 1. The number of nitrogens with zero attached hydrogens (tertiary/aromatic N) is 2. The number of carbonyl (C=O) groups is 1. The van der Waals surface area contributed by atoms with Crippen molar-refractivity contribution in [2.45, 2.75) is 25.7 Å². The third-order valence-electron chi connectivity index (χ3n) is 3.69. The van der Waals surface area contributed by atoms with E-state index in [0.29, 0.717) is 12.1 Å². The molecule has 0 bridgehead atoms. The summed E-state index contributed by atoms with van der Waals surface area (Å²) in [4.78, 5) is 15.7. The molecule has 2 aliphatic rings. The quantitative estimate of drug-likeness (QED) is 0.799. The van der Waals surface area contributed by atoms with Crippen LogP contribution < -0.4 is 0 Å². The third-order valence-corrected chi connectivity index (χ3v) is 3.69. The summed E-state index contributed by atoms with van der Waals surface area (Å²) in [5.74, 6) is -0.757. The summed E-state index contributed by atoms with van der Waals surface area (Å²) < 4.78 is 0. The molecule has 1 fully saturated rings. The van der Waals surface area contributed by atoms with Crippen LogP contribution in [0.25, 0.3) is 0 Å². The summed E-state index contributed by atoms with van der Waals surface area (Å²) >= 11 is 0. The Balaban J connectivity index is 1.72. The largest absolute Gasteiger partial charge is 0.478 e. The smallest absolute Gasteiger partial charge is 0.332 e. The Morgan fingerprint density at radius 3 is 2.53 bits per heavy atom. The predicted octanol–water partition coefficient (Wildman–Crippen LogP) is 1.19. The molecule has 0 aromatic carbocycles. The zero-order valence-corrected chi connectivity index (χ0v) is 10.4. The van der Waals surface area contributed by atoms with Gasteiger partial charge in [-0.1, -0.05) is 12.5 Å². The second kappa shape index (κ2) is 6.17. The number of hydrogen-bond acceptors (Lipinski definition) is 3. The first-order valence-corrected chi connectivity index (χ1v) is 6.63. The van der Waals surface area contributed by atoms with Gasteiger partial charge in [0.2, 0.25) is 0 Å². The minimum absolute atomic E-state index is 0.565. The van der Waals surface area contributed by atoms with Crippen LogP contribution in [0.4, 0.5) is 0 Å². The molecule has 2 aliphatic heterocycles. The third kappa shape index (κ3) is 3.82. The van der Waals surface area contributed by atoms with Crippen molar-refractivity contribution in [2.75, 3.05) is 39.3 Å². The van der Waals surface area contributed by atoms with E-state index in [2.05, 4.69) is 9.80 Å². The second-order valence-corrected chi connectivity index (χ2v) is 5.00. The van der Waals surface area contributed by atoms with Crippen LogP contribution >= 0.6 is 0 Å². The van der Waals surface area contributed by atoms with E-state index in [-0.39, 0.29) is 0 Å². The van der Waals surface area contributed by atoms with Gasteiger partial charge in [-0.15, -0.1) is 0 Å². The number of likely N-dealkylation sites (tertiary alicyclic amines) is 1. The number of hydrogen-bond donors (Lipinski definition) is 1. The fourth-order valence-electron chi connectivity index (χ4n) is 2.62. The molecular weight excluding hydrogens is 216 g/mol. The monoisotopic (exact) mass is 238 g/mol.